The molecule has 0 bridgehead atoms. The molecule has 1 rings (SSSR count). The van der Waals surface area contributed by atoms with E-state index in [1.54, 1.807) is 4.72 Å². The van der Waals surface area contributed by atoms with Crippen LogP contribution in [0.1, 0.15) is 6.92 Å². The minimum atomic E-state index is -4.18. The van der Waals surface area contributed by atoms with E-state index in [9.17, 15) is 23.3 Å². The van der Waals surface area contributed by atoms with Gasteiger partial charge in [-0.1, -0.05) is 11.6 Å². The fourth-order valence-electron chi connectivity index (χ4n) is 1.06. The van der Waals surface area contributed by atoms with Crippen LogP contribution in [0, 0.1) is 10.1 Å². The normalized spacial score (nSPS) is 10.9. The summed E-state index contributed by atoms with van der Waals surface area (Å²) in [5.74, 6) is -0.812. The molecule has 0 aromatic heterocycles. The molecule has 0 unspecified atom stereocenters. The van der Waals surface area contributed by atoms with Gasteiger partial charge in [0.1, 0.15) is 4.90 Å². The van der Waals surface area contributed by atoms with E-state index in [0.29, 0.717) is 0 Å². The molecule has 0 aliphatic carbocycles. The highest BCUT2D eigenvalue weighted by atomic mass is 35.5. The zero-order valence-corrected chi connectivity index (χ0v) is 10.1. The van der Waals surface area contributed by atoms with Crippen molar-refractivity contribution in [1.82, 2.24) is 4.72 Å². The van der Waals surface area contributed by atoms with Crippen LogP contribution in [-0.4, -0.2) is 19.2 Å². The largest absolute Gasteiger partial charge is 0.274 e. The van der Waals surface area contributed by atoms with E-state index >= 15 is 0 Å². The van der Waals surface area contributed by atoms with E-state index in [0.717, 1.165) is 25.1 Å². The van der Waals surface area contributed by atoms with Gasteiger partial charge in [-0.3, -0.25) is 14.9 Å². The number of hydrogen-bond acceptors (Lipinski definition) is 5. The second-order valence-corrected chi connectivity index (χ2v) is 5.09. The summed E-state index contributed by atoms with van der Waals surface area (Å²) in [5.41, 5.74) is -0.432. The second kappa shape index (κ2) is 4.68. The molecule has 1 N–H and O–H groups in total. The maximum absolute atomic E-state index is 11.6. The van der Waals surface area contributed by atoms with Gasteiger partial charge in [0.05, 0.1) is 9.95 Å². The molecule has 17 heavy (non-hydrogen) atoms. The molecule has 1 aromatic carbocycles. The molecule has 1 aromatic rings. The molecule has 0 aliphatic heterocycles. The van der Waals surface area contributed by atoms with Crippen LogP contribution in [0.5, 0.6) is 0 Å². The van der Waals surface area contributed by atoms with Crippen molar-refractivity contribution in [1.29, 1.82) is 0 Å². The number of rotatable bonds is 3. The van der Waals surface area contributed by atoms with Gasteiger partial charge in [0.2, 0.25) is 5.91 Å². The highest BCUT2D eigenvalue weighted by Crippen LogP contribution is 2.25. The number of benzene rings is 1. The zero-order valence-electron chi connectivity index (χ0n) is 8.51. The lowest BCUT2D eigenvalue weighted by Gasteiger charge is -2.06. The maximum atomic E-state index is 11.6. The fourth-order valence-corrected chi connectivity index (χ4v) is 2.57. The van der Waals surface area contributed by atoms with E-state index in [1.165, 1.54) is 0 Å². The Hall–Kier alpha value is -1.67. The number of carbonyl (C=O) groups excluding carboxylic acids is 1. The summed E-state index contributed by atoms with van der Waals surface area (Å²) < 4.78 is 24.9. The minimum absolute atomic E-state index is 0.204. The number of nitrogens with zero attached hydrogens (tertiary/aromatic N) is 1. The standard InChI is InChI=1S/C8H7ClN2O5S/c1-5(12)10-17(15,16)8-4-6(11(13)14)2-3-7(8)9/h2-4H,1H3,(H,10,12). The first-order valence-electron chi connectivity index (χ1n) is 4.21. The number of hydrogen-bond donors (Lipinski definition) is 1. The average Bonchev–Trinajstić information content (AvgIpc) is 2.15. The Morgan fingerprint density at radius 3 is 2.53 bits per heavy atom. The van der Waals surface area contributed by atoms with Crippen molar-refractivity contribution in [3.05, 3.63) is 33.3 Å². The lowest BCUT2D eigenvalue weighted by molar-refractivity contribution is -0.385. The van der Waals surface area contributed by atoms with E-state index in [1.807, 2.05) is 0 Å². The predicted molar refractivity (Wildman–Crippen MR) is 59.1 cm³/mol. The van der Waals surface area contributed by atoms with Gasteiger partial charge in [-0.25, -0.2) is 13.1 Å². The van der Waals surface area contributed by atoms with Crippen LogP contribution in [0.15, 0.2) is 23.1 Å². The van der Waals surface area contributed by atoms with Crippen molar-refractivity contribution >= 4 is 33.2 Å². The Labute approximate surface area is 102 Å². The smallest absolute Gasteiger partial charge is 0.270 e. The van der Waals surface area contributed by atoms with Gasteiger partial charge in [0, 0.05) is 19.1 Å². The Morgan fingerprint density at radius 1 is 1.47 bits per heavy atom. The topological polar surface area (TPSA) is 106 Å². The van der Waals surface area contributed by atoms with Crippen molar-refractivity contribution in [2.75, 3.05) is 0 Å². The number of amides is 1. The van der Waals surface area contributed by atoms with Crippen LogP contribution < -0.4 is 4.72 Å². The first kappa shape index (κ1) is 13.4. The van der Waals surface area contributed by atoms with Gasteiger partial charge in [0.25, 0.3) is 15.7 Å². The fraction of sp³-hybridized carbons (Fsp3) is 0.125. The van der Waals surface area contributed by atoms with Gasteiger partial charge in [-0.2, -0.15) is 0 Å². The Bertz CT molecular complexity index is 584. The summed E-state index contributed by atoms with van der Waals surface area (Å²) in [6.07, 6.45) is 0. The van der Waals surface area contributed by atoms with Crippen molar-refractivity contribution < 1.29 is 18.1 Å². The Morgan fingerprint density at radius 2 is 2.06 bits per heavy atom. The number of nitro benzene ring substituents is 1. The molecule has 0 saturated heterocycles. The number of sulfonamides is 1. The van der Waals surface area contributed by atoms with Gasteiger partial charge in [-0.15, -0.1) is 0 Å². The molecule has 9 heteroatoms. The number of nitrogens with one attached hydrogen (secondary N) is 1. The Balaban J connectivity index is 3.35. The molecular formula is C8H7ClN2O5S. The van der Waals surface area contributed by atoms with E-state index in [2.05, 4.69) is 0 Å². The molecule has 1 amide bonds. The lowest BCUT2D eigenvalue weighted by Crippen LogP contribution is -2.28. The number of nitro groups is 1. The molecule has 0 aliphatic rings. The van der Waals surface area contributed by atoms with Gasteiger partial charge >= 0.3 is 0 Å². The van der Waals surface area contributed by atoms with E-state index in [4.69, 9.17) is 11.6 Å². The predicted octanol–water partition coefficient (Wildman–Crippen LogP) is 1.07. The Kier molecular flexibility index (Phi) is 3.69. The van der Waals surface area contributed by atoms with Gasteiger partial charge in [-0.05, 0) is 6.07 Å². The minimum Gasteiger partial charge on any atom is -0.274 e. The molecule has 0 atom stereocenters. The highest BCUT2D eigenvalue weighted by molar-refractivity contribution is 7.90. The molecule has 0 saturated carbocycles. The van der Waals surface area contributed by atoms with Gasteiger partial charge in [0.15, 0.2) is 0 Å². The second-order valence-electron chi connectivity index (χ2n) is 3.03. The first-order chi connectivity index (χ1) is 7.74. The summed E-state index contributed by atoms with van der Waals surface area (Å²) in [4.78, 5) is 19.9. The highest BCUT2D eigenvalue weighted by Gasteiger charge is 2.22. The van der Waals surface area contributed by atoms with Crippen molar-refractivity contribution in [3.63, 3.8) is 0 Å². The first-order valence-corrected chi connectivity index (χ1v) is 6.07. The summed E-state index contributed by atoms with van der Waals surface area (Å²) >= 11 is 5.62. The molecular weight excluding hydrogens is 272 g/mol. The van der Waals surface area contributed by atoms with E-state index < -0.39 is 31.4 Å². The SMILES string of the molecule is CC(=O)NS(=O)(=O)c1cc([N+](=O)[O-])ccc1Cl. The number of non-ortho nitro benzene ring substituents is 1. The van der Waals surface area contributed by atoms with Crippen LogP contribution in [0.2, 0.25) is 5.02 Å². The van der Waals surface area contributed by atoms with Crippen molar-refractivity contribution in [2.24, 2.45) is 0 Å². The van der Waals surface area contributed by atoms with Gasteiger partial charge < -0.3 is 0 Å². The lowest BCUT2D eigenvalue weighted by atomic mass is 10.3. The maximum Gasteiger partial charge on any atom is 0.270 e. The summed E-state index contributed by atoms with van der Waals surface area (Å²) in [6.45, 7) is 1.00. The third-order valence-electron chi connectivity index (χ3n) is 1.69. The van der Waals surface area contributed by atoms with Crippen LogP contribution in [0.25, 0.3) is 0 Å². The summed E-state index contributed by atoms with van der Waals surface area (Å²) in [7, 11) is -4.18. The van der Waals surface area contributed by atoms with Crippen molar-refractivity contribution in [3.8, 4) is 0 Å². The molecule has 0 spiro atoms. The zero-order chi connectivity index (χ0) is 13.2. The van der Waals surface area contributed by atoms with Crippen LogP contribution in [-0.2, 0) is 14.8 Å². The third-order valence-corrected chi connectivity index (χ3v) is 3.61. The molecule has 92 valence electrons. The van der Waals surface area contributed by atoms with Crippen LogP contribution >= 0.6 is 11.6 Å². The van der Waals surface area contributed by atoms with Crippen LogP contribution in [0.4, 0.5) is 5.69 Å². The van der Waals surface area contributed by atoms with Crippen molar-refractivity contribution in [2.45, 2.75) is 11.8 Å². The van der Waals surface area contributed by atoms with E-state index in [-0.39, 0.29) is 5.02 Å². The quantitative estimate of drug-likeness (QED) is 0.657. The summed E-state index contributed by atoms with van der Waals surface area (Å²) in [6, 6.07) is 2.93. The molecule has 0 heterocycles. The third kappa shape index (κ3) is 3.14. The average molecular weight is 279 g/mol. The molecule has 0 fully saturated rings. The van der Waals surface area contributed by atoms with Crippen LogP contribution in [0.3, 0.4) is 0 Å². The number of halogens is 1. The summed E-state index contributed by atoms with van der Waals surface area (Å²) in [5, 5.41) is 10.3. The monoisotopic (exact) mass is 278 g/mol. The molecule has 0 radical (unpaired) electrons. The number of carbonyl (C=O) groups is 1. The molecule has 7 nitrogen and oxygen atoms in total.